The monoisotopic (exact) mass is 238 g/mol. The van der Waals surface area contributed by atoms with Gasteiger partial charge in [-0.2, -0.15) is 0 Å². The molecule has 1 N–H and O–H groups in total. The van der Waals surface area contributed by atoms with Crippen LogP contribution in [0.3, 0.4) is 0 Å². The summed E-state index contributed by atoms with van der Waals surface area (Å²) in [6.07, 6.45) is 1.40. The van der Waals surface area contributed by atoms with Crippen LogP contribution >= 0.6 is 11.6 Å². The molecule has 16 heavy (non-hydrogen) atoms. The molecule has 1 aliphatic rings. The van der Waals surface area contributed by atoms with Crippen LogP contribution in [0.25, 0.3) is 0 Å². The first kappa shape index (κ1) is 11.3. The summed E-state index contributed by atoms with van der Waals surface area (Å²) in [5.41, 5.74) is 3.31. The van der Waals surface area contributed by atoms with Gasteiger partial charge in [0.05, 0.1) is 0 Å². The Morgan fingerprint density at radius 1 is 1.44 bits per heavy atom. The van der Waals surface area contributed by atoms with Crippen LogP contribution in [-0.4, -0.2) is 25.4 Å². The fourth-order valence-electron chi connectivity index (χ4n) is 2.05. The minimum atomic E-state index is 0.172. The fraction of sp³-hybridized carbons (Fsp3) is 0.417. The highest BCUT2D eigenvalue weighted by Gasteiger charge is 2.23. The molecule has 0 bridgehead atoms. The fourth-order valence-corrected chi connectivity index (χ4v) is 2.21. The number of nitrogens with one attached hydrogen (secondary N) is 1. The average molecular weight is 239 g/mol. The van der Waals surface area contributed by atoms with Crippen molar-refractivity contribution in [3.63, 3.8) is 0 Å². The zero-order valence-electron chi connectivity index (χ0n) is 9.29. The van der Waals surface area contributed by atoms with E-state index in [2.05, 4.69) is 11.4 Å². The molecule has 1 aliphatic heterocycles. The van der Waals surface area contributed by atoms with Gasteiger partial charge in [0.15, 0.2) is 0 Å². The van der Waals surface area contributed by atoms with Crippen molar-refractivity contribution in [1.29, 1.82) is 0 Å². The molecule has 4 heteroatoms. The van der Waals surface area contributed by atoms with Gasteiger partial charge in [-0.1, -0.05) is 0 Å². The largest absolute Gasteiger partial charge is 0.388 e. The summed E-state index contributed by atoms with van der Waals surface area (Å²) < 4.78 is 0. The van der Waals surface area contributed by atoms with Crippen molar-refractivity contribution in [3.05, 3.63) is 23.8 Å². The molecule has 0 fully saturated rings. The molecule has 1 aromatic carbocycles. The van der Waals surface area contributed by atoms with Crippen LogP contribution < -0.4 is 10.2 Å². The third kappa shape index (κ3) is 2.00. The third-order valence-corrected chi connectivity index (χ3v) is 3.05. The number of alkyl halides is 1. The molecule has 0 saturated heterocycles. The van der Waals surface area contributed by atoms with Crippen molar-refractivity contribution in [3.8, 4) is 0 Å². The summed E-state index contributed by atoms with van der Waals surface area (Å²) >= 11 is 5.72. The topological polar surface area (TPSA) is 32.3 Å². The molecule has 0 spiro atoms. The lowest BCUT2D eigenvalue weighted by Crippen LogP contribution is -2.36. The first-order valence-electron chi connectivity index (χ1n) is 5.43. The molecule has 3 nitrogen and oxygen atoms in total. The molecule has 0 atom stereocenters. The van der Waals surface area contributed by atoms with Crippen LogP contribution in [0.15, 0.2) is 18.2 Å². The molecule has 0 aromatic heterocycles. The summed E-state index contributed by atoms with van der Waals surface area (Å²) in [6, 6.07) is 6.08. The minimum absolute atomic E-state index is 0.172. The Labute approximate surface area is 100 Å². The Balaban J connectivity index is 2.36. The number of anilines is 2. The van der Waals surface area contributed by atoms with Crippen LogP contribution in [-0.2, 0) is 11.2 Å². The Hall–Kier alpha value is -1.22. The highest BCUT2D eigenvalue weighted by Crippen LogP contribution is 2.29. The van der Waals surface area contributed by atoms with E-state index in [9.17, 15) is 4.79 Å². The highest BCUT2D eigenvalue weighted by atomic mass is 35.5. The molecule has 86 valence electrons. The smallest absolute Gasteiger partial charge is 0.227 e. The lowest BCUT2D eigenvalue weighted by Gasteiger charge is -2.29. The van der Waals surface area contributed by atoms with Crippen molar-refractivity contribution < 1.29 is 4.79 Å². The Kier molecular flexibility index (Phi) is 3.34. The van der Waals surface area contributed by atoms with Crippen molar-refractivity contribution in [1.82, 2.24) is 0 Å². The van der Waals surface area contributed by atoms with Gasteiger partial charge in [0.2, 0.25) is 5.91 Å². The Morgan fingerprint density at radius 3 is 2.94 bits per heavy atom. The number of carbonyl (C=O) groups excluding carboxylic acids is 1. The lowest BCUT2D eigenvalue weighted by atomic mass is 10.0. The van der Waals surface area contributed by atoms with Gasteiger partial charge in [-0.25, -0.2) is 0 Å². The zero-order valence-corrected chi connectivity index (χ0v) is 10.0. The molecule has 0 saturated carbocycles. The van der Waals surface area contributed by atoms with E-state index in [4.69, 9.17) is 11.6 Å². The summed E-state index contributed by atoms with van der Waals surface area (Å²) in [5, 5.41) is 3.11. The van der Waals surface area contributed by atoms with Crippen molar-refractivity contribution >= 4 is 28.9 Å². The number of fused-ring (bicyclic) bond motifs is 1. The van der Waals surface area contributed by atoms with E-state index in [1.807, 2.05) is 19.2 Å². The number of amides is 1. The molecular formula is C12H15ClN2O. The zero-order chi connectivity index (χ0) is 11.5. The molecule has 1 amide bonds. The van der Waals surface area contributed by atoms with E-state index in [1.165, 1.54) is 5.56 Å². The van der Waals surface area contributed by atoms with Crippen molar-refractivity contribution in [2.45, 2.75) is 12.8 Å². The maximum Gasteiger partial charge on any atom is 0.227 e. The van der Waals surface area contributed by atoms with Gasteiger partial charge >= 0.3 is 0 Å². The molecular weight excluding hydrogens is 224 g/mol. The van der Waals surface area contributed by atoms with Gasteiger partial charge in [0.25, 0.3) is 0 Å². The van der Waals surface area contributed by atoms with Gasteiger partial charge < -0.3 is 10.2 Å². The molecule has 1 heterocycles. The SMILES string of the molecule is CNc1ccc2c(c1)CCC(=O)N2CCCl. The lowest BCUT2D eigenvalue weighted by molar-refractivity contribution is -0.118. The predicted octanol–water partition coefficient (Wildman–Crippen LogP) is 2.25. The van der Waals surface area contributed by atoms with Crippen LogP contribution in [0.1, 0.15) is 12.0 Å². The molecule has 0 aliphatic carbocycles. The summed E-state index contributed by atoms with van der Waals surface area (Å²) in [7, 11) is 1.90. The number of benzene rings is 1. The first-order valence-corrected chi connectivity index (χ1v) is 5.96. The standard InChI is InChI=1S/C12H15ClN2O/c1-14-10-3-4-11-9(8-10)2-5-12(16)15(11)7-6-13/h3-4,8,14H,2,5-7H2,1H3. The van der Waals surface area contributed by atoms with E-state index in [1.54, 1.807) is 4.90 Å². The summed E-state index contributed by atoms with van der Waals surface area (Å²) in [4.78, 5) is 13.5. The van der Waals surface area contributed by atoms with Gasteiger partial charge in [-0.3, -0.25) is 4.79 Å². The predicted molar refractivity (Wildman–Crippen MR) is 67.4 cm³/mol. The second-order valence-corrected chi connectivity index (χ2v) is 4.21. The average Bonchev–Trinajstić information content (AvgIpc) is 2.32. The van der Waals surface area contributed by atoms with E-state index < -0.39 is 0 Å². The summed E-state index contributed by atoms with van der Waals surface area (Å²) in [5.74, 6) is 0.643. The minimum Gasteiger partial charge on any atom is -0.388 e. The number of halogens is 1. The van der Waals surface area contributed by atoms with Crippen LogP contribution in [0, 0.1) is 0 Å². The number of aryl methyl sites for hydroxylation is 1. The van der Waals surface area contributed by atoms with Gasteiger partial charge in [0, 0.05) is 37.3 Å². The Bertz CT molecular complexity index is 406. The van der Waals surface area contributed by atoms with E-state index in [0.717, 1.165) is 17.8 Å². The second kappa shape index (κ2) is 4.74. The van der Waals surface area contributed by atoms with Crippen molar-refractivity contribution in [2.75, 3.05) is 29.7 Å². The van der Waals surface area contributed by atoms with Crippen molar-refractivity contribution in [2.24, 2.45) is 0 Å². The molecule has 0 unspecified atom stereocenters. The molecule has 0 radical (unpaired) electrons. The third-order valence-electron chi connectivity index (χ3n) is 2.88. The normalized spacial score (nSPS) is 14.9. The maximum absolute atomic E-state index is 11.8. The molecule has 2 rings (SSSR count). The van der Waals surface area contributed by atoms with Gasteiger partial charge in [-0.05, 0) is 30.2 Å². The number of rotatable bonds is 3. The quantitative estimate of drug-likeness (QED) is 0.820. The van der Waals surface area contributed by atoms with Crippen LogP contribution in [0.2, 0.25) is 0 Å². The number of hydrogen-bond acceptors (Lipinski definition) is 2. The van der Waals surface area contributed by atoms with E-state index in [0.29, 0.717) is 18.8 Å². The second-order valence-electron chi connectivity index (χ2n) is 3.83. The first-order chi connectivity index (χ1) is 7.76. The Morgan fingerprint density at radius 2 is 2.25 bits per heavy atom. The van der Waals surface area contributed by atoms with Crippen LogP contribution in [0.5, 0.6) is 0 Å². The maximum atomic E-state index is 11.8. The summed E-state index contributed by atoms with van der Waals surface area (Å²) in [6.45, 7) is 0.590. The number of hydrogen-bond donors (Lipinski definition) is 1. The van der Waals surface area contributed by atoms with Gasteiger partial charge in [-0.15, -0.1) is 11.6 Å². The van der Waals surface area contributed by atoms with Gasteiger partial charge in [0.1, 0.15) is 0 Å². The number of carbonyl (C=O) groups is 1. The molecule has 1 aromatic rings. The van der Waals surface area contributed by atoms with E-state index in [-0.39, 0.29) is 5.91 Å². The van der Waals surface area contributed by atoms with E-state index >= 15 is 0 Å². The highest BCUT2D eigenvalue weighted by molar-refractivity contribution is 6.18. The van der Waals surface area contributed by atoms with Crippen LogP contribution in [0.4, 0.5) is 11.4 Å². The number of nitrogens with zero attached hydrogens (tertiary/aromatic N) is 1.